The quantitative estimate of drug-likeness (QED) is 0.135. The Morgan fingerprint density at radius 2 is 1.38 bits per heavy atom. The molecule has 4 fully saturated rings. The number of aromatic hydroxyl groups is 2. The van der Waals surface area contributed by atoms with Gasteiger partial charge in [-0.05, 0) is 84.4 Å². The van der Waals surface area contributed by atoms with Crippen molar-refractivity contribution in [3.05, 3.63) is 28.8 Å². The van der Waals surface area contributed by atoms with Gasteiger partial charge in [0.1, 0.15) is 53.9 Å². The molecule has 0 radical (unpaired) electrons. The molecule has 9 N–H and O–H groups in total. The van der Waals surface area contributed by atoms with Crippen LogP contribution in [0.3, 0.4) is 0 Å². The maximum Gasteiger partial charge on any atom is 0.200 e. The van der Waals surface area contributed by atoms with Crippen LogP contribution in [0.25, 0.3) is 10.8 Å². The molecule has 7 rings (SSSR count). The number of hydrogen-bond acceptors (Lipinski definition) is 20. The molecule has 0 saturated carbocycles. The lowest BCUT2D eigenvalue weighted by molar-refractivity contribution is -0.334. The van der Waals surface area contributed by atoms with E-state index in [1.807, 2.05) is 0 Å². The van der Waals surface area contributed by atoms with Crippen molar-refractivity contribution in [1.29, 1.82) is 0 Å². The number of methoxy groups -OCH3 is 1. The fourth-order valence-electron chi connectivity index (χ4n) is 9.84. The first-order valence-corrected chi connectivity index (χ1v) is 22.7. The maximum atomic E-state index is 14.8. The molecule has 20 nitrogen and oxygen atoms in total. The molecular formula is C46H66O20. The van der Waals surface area contributed by atoms with Crippen molar-refractivity contribution in [3.8, 4) is 17.2 Å². The number of carbonyl (C=O) groups excluding carboxylic acids is 2. The molecule has 0 amide bonds. The predicted octanol–water partition coefficient (Wildman–Crippen LogP) is 0.899. The maximum absolute atomic E-state index is 14.8. The number of phenolic OH excluding ortho intramolecular Hbond substituents is 2. The van der Waals surface area contributed by atoms with Gasteiger partial charge in [0.05, 0.1) is 65.4 Å². The zero-order chi connectivity index (χ0) is 48.3. The number of aliphatic hydroxyl groups excluding tert-OH is 6. The second-order valence-electron chi connectivity index (χ2n) is 18.9. The third-order valence-corrected chi connectivity index (χ3v) is 13.8. The van der Waals surface area contributed by atoms with Gasteiger partial charge in [0.2, 0.25) is 0 Å². The third kappa shape index (κ3) is 10.1. The van der Waals surface area contributed by atoms with Gasteiger partial charge < -0.3 is 88.6 Å². The summed E-state index contributed by atoms with van der Waals surface area (Å²) >= 11 is 0. The zero-order valence-electron chi connectivity index (χ0n) is 38.4. The topological polar surface area (TPSA) is 299 Å². The third-order valence-electron chi connectivity index (χ3n) is 13.8. The van der Waals surface area contributed by atoms with Gasteiger partial charge in [-0.25, -0.2) is 0 Å². The Bertz CT molecular complexity index is 2060. The Kier molecular flexibility index (Phi) is 15.4. The Morgan fingerprint density at radius 1 is 0.803 bits per heavy atom. The summed E-state index contributed by atoms with van der Waals surface area (Å²) in [6.45, 7) is 10.7. The van der Waals surface area contributed by atoms with Gasteiger partial charge >= 0.3 is 0 Å². The van der Waals surface area contributed by atoms with E-state index in [9.17, 15) is 55.5 Å². The van der Waals surface area contributed by atoms with E-state index in [4.69, 9.17) is 42.6 Å². The van der Waals surface area contributed by atoms with Crippen LogP contribution in [0.5, 0.6) is 17.2 Å². The van der Waals surface area contributed by atoms with Crippen LogP contribution in [0.2, 0.25) is 0 Å². The van der Waals surface area contributed by atoms with Crippen molar-refractivity contribution in [1.82, 2.24) is 0 Å². The van der Waals surface area contributed by atoms with Gasteiger partial charge in [-0.1, -0.05) is 0 Å². The summed E-state index contributed by atoms with van der Waals surface area (Å²) in [6.07, 6.45) is -19.5. The Labute approximate surface area is 382 Å². The SMILES string of the molecule is CO[C@H](C(=O)[C@@H](O)[C@@H](C)O)[C@@H]1Cc2cc3cc(O[C@H]4CC[C@H](O)[C@@H](C)O4)c(C)c(O)c3c(O)c2C(=O)[C@H]1O[C@H]1CC(O[C@H]2C[C@@H](O[C@H]3C[C@](C)(O)[C@H](O)[C@@H](C)O3)[C@@H](O)[C@@H](C)O2)[C@H](O)[C@@H](C)O1. The molecule has 0 bridgehead atoms. The van der Waals surface area contributed by atoms with E-state index in [1.54, 1.807) is 46.8 Å². The average Bonchev–Trinajstić information content (AvgIpc) is 3.24. The van der Waals surface area contributed by atoms with E-state index < -0.39 is 139 Å². The Hall–Kier alpha value is -3.16. The summed E-state index contributed by atoms with van der Waals surface area (Å²) in [5, 5.41) is 98.2. The van der Waals surface area contributed by atoms with E-state index in [0.29, 0.717) is 12.8 Å². The number of hydrogen-bond donors (Lipinski definition) is 9. The molecule has 2 aromatic rings. The first-order chi connectivity index (χ1) is 31.0. The van der Waals surface area contributed by atoms with Crippen LogP contribution in [0.4, 0.5) is 0 Å². The van der Waals surface area contributed by atoms with Crippen molar-refractivity contribution >= 4 is 22.3 Å². The summed E-state index contributed by atoms with van der Waals surface area (Å²) in [4.78, 5) is 28.6. The molecule has 0 aromatic heterocycles. The minimum Gasteiger partial charge on any atom is -0.507 e. The van der Waals surface area contributed by atoms with E-state index in [1.165, 1.54) is 21.0 Å². The second-order valence-corrected chi connectivity index (χ2v) is 18.9. The van der Waals surface area contributed by atoms with Crippen LogP contribution in [0.1, 0.15) is 95.1 Å². The minimum atomic E-state index is -1.90. The molecule has 0 spiro atoms. The Morgan fingerprint density at radius 3 is 1.95 bits per heavy atom. The largest absolute Gasteiger partial charge is 0.507 e. The molecule has 66 heavy (non-hydrogen) atoms. The molecule has 4 saturated heterocycles. The number of ether oxygens (including phenoxy) is 9. The highest BCUT2D eigenvalue weighted by Crippen LogP contribution is 2.47. The lowest BCUT2D eigenvalue weighted by Gasteiger charge is -2.46. The predicted molar refractivity (Wildman–Crippen MR) is 227 cm³/mol. The van der Waals surface area contributed by atoms with Crippen molar-refractivity contribution in [2.75, 3.05) is 7.11 Å². The van der Waals surface area contributed by atoms with Gasteiger partial charge in [-0.2, -0.15) is 0 Å². The monoisotopic (exact) mass is 938 g/mol. The van der Waals surface area contributed by atoms with Gasteiger partial charge in [-0.15, -0.1) is 0 Å². The van der Waals surface area contributed by atoms with Crippen molar-refractivity contribution in [3.63, 3.8) is 0 Å². The molecule has 2 aromatic carbocycles. The van der Waals surface area contributed by atoms with Crippen molar-refractivity contribution in [2.24, 2.45) is 5.92 Å². The smallest absolute Gasteiger partial charge is 0.200 e. The first-order valence-electron chi connectivity index (χ1n) is 22.7. The summed E-state index contributed by atoms with van der Waals surface area (Å²) in [6, 6.07) is 3.15. The van der Waals surface area contributed by atoms with Gasteiger partial charge in [0.15, 0.2) is 36.7 Å². The van der Waals surface area contributed by atoms with Crippen LogP contribution in [0.15, 0.2) is 12.1 Å². The Balaban J connectivity index is 1.15. The van der Waals surface area contributed by atoms with E-state index in [-0.39, 0.29) is 64.6 Å². The second kappa shape index (κ2) is 20.1. The van der Waals surface area contributed by atoms with Gasteiger partial charge in [0.25, 0.3) is 0 Å². The minimum absolute atomic E-state index is 0.0392. The van der Waals surface area contributed by atoms with Crippen molar-refractivity contribution in [2.45, 2.75) is 203 Å². The number of ketones is 2. The standard InChI is InChI=1S/C46H66O20/c1-17-27(63-30-10-9-26(48)19(3)59-30)13-24-11-23-12-25(43(58-8)42(55)37(50)18(2)47)44(41(54)35(23)40(53)34(24)36(17)49)66-32-15-28(38(51)21(5)61-32)64-31-14-29(39(52)20(4)60-31)65-33-16-46(7,57)45(56)22(6)62-33/h11,13,18-22,25-26,28-33,37-39,43-45,47-53,56-57H,9-10,12,14-16H2,1-8H3/t18-,19-,20-,21-,22-,25+,26+,28?,29-,30+,31+,32+,33+,37+,38-,39+,43+,44+,45-,46+/m1/s1. The number of fused-ring (bicyclic) bond motifs is 2. The number of aliphatic hydroxyl groups is 7. The highest BCUT2D eigenvalue weighted by Gasteiger charge is 2.51. The summed E-state index contributed by atoms with van der Waals surface area (Å²) < 4.78 is 54.2. The number of carbonyl (C=O) groups is 2. The van der Waals surface area contributed by atoms with Gasteiger partial charge in [-0.3, -0.25) is 9.59 Å². The molecule has 370 valence electrons. The highest BCUT2D eigenvalue weighted by atomic mass is 16.7. The zero-order valence-corrected chi connectivity index (χ0v) is 38.4. The van der Waals surface area contributed by atoms with Crippen LogP contribution >= 0.6 is 0 Å². The molecule has 4 aliphatic heterocycles. The fourth-order valence-corrected chi connectivity index (χ4v) is 9.84. The molecule has 1 aliphatic carbocycles. The normalized spacial score (nSPS) is 40.1. The van der Waals surface area contributed by atoms with Crippen LogP contribution in [-0.4, -0.2) is 181 Å². The molecule has 5 aliphatic rings. The summed E-state index contributed by atoms with van der Waals surface area (Å²) in [5.74, 6) is -3.64. The van der Waals surface area contributed by atoms with Crippen molar-refractivity contribution < 1.29 is 98.2 Å². The molecule has 4 heterocycles. The highest BCUT2D eigenvalue weighted by molar-refractivity contribution is 6.11. The molecule has 20 atom stereocenters. The lowest BCUT2D eigenvalue weighted by atomic mass is 9.75. The van der Waals surface area contributed by atoms with E-state index >= 15 is 0 Å². The van der Waals surface area contributed by atoms with Crippen LogP contribution in [0, 0.1) is 12.8 Å². The fraction of sp³-hybridized carbons (Fsp3) is 0.739. The first kappa shape index (κ1) is 50.7. The van der Waals surface area contributed by atoms with Crippen LogP contribution < -0.4 is 4.74 Å². The summed E-state index contributed by atoms with van der Waals surface area (Å²) in [5.41, 5.74) is -1.23. The molecular weight excluding hydrogens is 872 g/mol. The average molecular weight is 939 g/mol. The van der Waals surface area contributed by atoms with Crippen LogP contribution in [-0.2, 0) is 49.1 Å². The van der Waals surface area contributed by atoms with Gasteiger partial charge in [0, 0.05) is 44.3 Å². The number of Topliss-reactive ketones (excluding diaryl/α,β-unsaturated/α-hetero) is 2. The number of phenols is 2. The van der Waals surface area contributed by atoms with E-state index in [2.05, 4.69) is 0 Å². The molecule has 20 heteroatoms. The van der Waals surface area contributed by atoms with E-state index in [0.717, 1.165) is 0 Å². The summed E-state index contributed by atoms with van der Waals surface area (Å²) in [7, 11) is 1.20. The number of rotatable bonds is 13. The lowest BCUT2D eigenvalue weighted by Crippen LogP contribution is -2.58. The molecule has 1 unspecified atom stereocenters. The number of benzene rings is 2.